The molecular weight excluding hydrogens is 466 g/mol. The molecule has 37 heavy (non-hydrogen) atoms. The highest BCUT2D eigenvalue weighted by Gasteiger charge is 2.46. The highest BCUT2D eigenvalue weighted by Crippen LogP contribution is 2.44. The number of hydrogen-bond donors (Lipinski definition) is 2. The lowest BCUT2D eigenvalue weighted by atomic mass is 9.99. The van der Waals surface area contributed by atoms with Gasteiger partial charge in [0.2, 0.25) is 5.82 Å². The summed E-state index contributed by atoms with van der Waals surface area (Å²) >= 11 is 0. The van der Waals surface area contributed by atoms with Crippen LogP contribution in [0.15, 0.2) is 48.5 Å². The summed E-state index contributed by atoms with van der Waals surface area (Å²) < 4.78 is 2.19. The average molecular weight is 502 g/mol. The van der Waals surface area contributed by atoms with E-state index in [4.69, 9.17) is 4.98 Å². The Morgan fingerprint density at radius 3 is 2.57 bits per heavy atom. The molecule has 1 aliphatic rings. The number of nitrogens with zero attached hydrogens (tertiary/aromatic N) is 6. The summed E-state index contributed by atoms with van der Waals surface area (Å²) in [7, 11) is 0. The van der Waals surface area contributed by atoms with E-state index < -0.39 is 11.6 Å². The first-order valence-electron chi connectivity index (χ1n) is 13.4. The zero-order chi connectivity index (χ0) is 25.7. The normalized spacial score (nSPS) is 18.1. The molecular formula is C28H35N7O2. The number of carboxylic acid groups (broad SMARTS) is 1. The molecule has 9 heteroatoms. The number of hydrogen-bond acceptors (Lipinski definition) is 6. The molecule has 2 N–H and O–H groups in total. The van der Waals surface area contributed by atoms with E-state index in [9.17, 15) is 9.90 Å². The van der Waals surface area contributed by atoms with Crippen LogP contribution in [-0.2, 0) is 10.5 Å². The van der Waals surface area contributed by atoms with E-state index in [-0.39, 0.29) is 6.42 Å². The lowest BCUT2D eigenvalue weighted by Gasteiger charge is -2.40. The van der Waals surface area contributed by atoms with Gasteiger partial charge in [-0.1, -0.05) is 75.4 Å². The van der Waals surface area contributed by atoms with E-state index in [1.165, 1.54) is 25.7 Å². The van der Waals surface area contributed by atoms with E-state index in [0.29, 0.717) is 5.82 Å². The van der Waals surface area contributed by atoms with Crippen molar-refractivity contribution >= 4 is 17.0 Å². The molecule has 0 saturated carbocycles. The van der Waals surface area contributed by atoms with Gasteiger partial charge in [0.15, 0.2) is 0 Å². The number of aliphatic carboxylic acids is 1. The number of rotatable bonds is 12. The Hall–Kier alpha value is -3.59. The van der Waals surface area contributed by atoms with Gasteiger partial charge in [-0.15, -0.1) is 10.2 Å². The van der Waals surface area contributed by atoms with Crippen LogP contribution in [0, 0.1) is 0 Å². The summed E-state index contributed by atoms with van der Waals surface area (Å²) in [6, 6.07) is 15.9. The van der Waals surface area contributed by atoms with Crippen molar-refractivity contribution in [3.05, 3.63) is 48.5 Å². The zero-order valence-electron chi connectivity index (χ0n) is 21.4. The predicted octanol–water partition coefficient (Wildman–Crippen LogP) is 5.47. The van der Waals surface area contributed by atoms with Crippen molar-refractivity contribution in [1.29, 1.82) is 0 Å². The number of imidazole rings is 1. The third-order valence-corrected chi connectivity index (χ3v) is 7.54. The predicted molar refractivity (Wildman–Crippen MR) is 143 cm³/mol. The van der Waals surface area contributed by atoms with Crippen LogP contribution in [0.25, 0.3) is 33.8 Å². The topological polar surface area (TPSA) is 113 Å². The molecule has 1 fully saturated rings. The Balaban J connectivity index is 1.61. The summed E-state index contributed by atoms with van der Waals surface area (Å²) in [5.41, 5.74) is 2.74. The number of para-hydroxylation sites is 2. The van der Waals surface area contributed by atoms with Gasteiger partial charge in [0, 0.05) is 24.2 Å². The van der Waals surface area contributed by atoms with Gasteiger partial charge in [0.05, 0.1) is 17.5 Å². The van der Waals surface area contributed by atoms with Gasteiger partial charge in [-0.3, -0.25) is 9.69 Å². The molecule has 1 atom stereocenters. The fourth-order valence-electron chi connectivity index (χ4n) is 5.87. The Bertz CT molecular complexity index is 1330. The molecule has 1 aliphatic heterocycles. The van der Waals surface area contributed by atoms with Gasteiger partial charge in [-0.2, -0.15) is 5.21 Å². The maximum atomic E-state index is 12.4. The molecule has 9 nitrogen and oxygen atoms in total. The van der Waals surface area contributed by atoms with Crippen LogP contribution in [-0.4, -0.2) is 59.2 Å². The van der Waals surface area contributed by atoms with Crippen molar-refractivity contribution in [2.24, 2.45) is 0 Å². The number of benzene rings is 2. The molecule has 0 radical (unpaired) electrons. The van der Waals surface area contributed by atoms with Crippen molar-refractivity contribution in [3.63, 3.8) is 0 Å². The smallest absolute Gasteiger partial charge is 0.307 e. The Kier molecular flexibility index (Phi) is 7.60. The van der Waals surface area contributed by atoms with Crippen LogP contribution >= 0.6 is 0 Å². The largest absolute Gasteiger partial charge is 0.481 e. The molecule has 3 heterocycles. The standard InChI is InChI=1S/C28H35N7O2/c1-2-3-4-5-6-11-18-34-19-12-17-28(34,20-25(36)37)35-24-16-10-9-15-23(24)29-27(35)22-14-8-7-13-21(22)26-30-32-33-31-26/h7-10,13-16H,2-6,11-12,17-20H2,1H3,(H,36,37)(H,30,31,32,33). The fourth-order valence-corrected chi connectivity index (χ4v) is 5.87. The molecule has 5 rings (SSSR count). The quantitative estimate of drug-likeness (QED) is 0.248. The first-order chi connectivity index (χ1) is 18.1. The molecule has 194 valence electrons. The third kappa shape index (κ3) is 5.00. The van der Waals surface area contributed by atoms with Crippen molar-refractivity contribution in [1.82, 2.24) is 35.1 Å². The number of tetrazole rings is 1. The number of likely N-dealkylation sites (tertiary alicyclic amines) is 1. The maximum absolute atomic E-state index is 12.4. The van der Waals surface area contributed by atoms with Crippen molar-refractivity contribution < 1.29 is 9.90 Å². The highest BCUT2D eigenvalue weighted by atomic mass is 16.4. The second-order valence-corrected chi connectivity index (χ2v) is 9.95. The number of aromatic nitrogens is 6. The molecule has 0 bridgehead atoms. The Labute approximate surface area is 216 Å². The van der Waals surface area contributed by atoms with Crippen LogP contribution in [0.1, 0.15) is 64.7 Å². The van der Waals surface area contributed by atoms with Gasteiger partial charge in [-0.05, 0) is 36.6 Å². The summed E-state index contributed by atoms with van der Waals surface area (Å²) in [4.78, 5) is 19.9. The molecule has 1 saturated heterocycles. The second-order valence-electron chi connectivity index (χ2n) is 9.95. The molecule has 2 aromatic carbocycles. The lowest BCUT2D eigenvalue weighted by molar-refractivity contribution is -0.142. The maximum Gasteiger partial charge on any atom is 0.307 e. The summed E-state index contributed by atoms with van der Waals surface area (Å²) in [6.45, 7) is 3.98. The molecule has 4 aromatic rings. The van der Waals surface area contributed by atoms with Crippen molar-refractivity contribution in [2.75, 3.05) is 13.1 Å². The summed E-state index contributed by atoms with van der Waals surface area (Å²) in [5.74, 6) is 0.416. The molecule has 0 spiro atoms. The van der Waals surface area contributed by atoms with Gasteiger partial charge >= 0.3 is 5.97 Å². The van der Waals surface area contributed by atoms with Crippen LogP contribution in [0.4, 0.5) is 0 Å². The Morgan fingerprint density at radius 1 is 1.03 bits per heavy atom. The van der Waals surface area contributed by atoms with E-state index in [0.717, 1.165) is 66.8 Å². The number of H-pyrrole nitrogens is 1. The number of nitrogens with one attached hydrogen (secondary N) is 1. The SMILES string of the molecule is CCCCCCCCN1CCCC1(CC(=O)O)n1c(-c2ccccc2-c2nn[nH]n2)nc2ccccc21. The van der Waals surface area contributed by atoms with Crippen molar-refractivity contribution in [3.8, 4) is 22.8 Å². The molecule has 0 amide bonds. The fraction of sp³-hybridized carbons (Fsp3) is 0.464. The van der Waals surface area contributed by atoms with Crippen LogP contribution in [0.3, 0.4) is 0 Å². The number of unbranched alkanes of at least 4 members (excludes halogenated alkanes) is 5. The number of carboxylic acids is 1. The molecule has 0 aliphatic carbocycles. The monoisotopic (exact) mass is 501 g/mol. The summed E-state index contributed by atoms with van der Waals surface area (Å²) in [6.07, 6.45) is 8.94. The van der Waals surface area contributed by atoms with Gasteiger partial charge in [-0.25, -0.2) is 4.98 Å². The minimum atomic E-state index is -0.801. The summed E-state index contributed by atoms with van der Waals surface area (Å²) in [5, 5.41) is 24.9. The van der Waals surface area contributed by atoms with Crippen molar-refractivity contribution in [2.45, 2.75) is 70.4 Å². The third-order valence-electron chi connectivity index (χ3n) is 7.54. The zero-order valence-corrected chi connectivity index (χ0v) is 21.4. The molecule has 2 aromatic heterocycles. The van der Waals surface area contributed by atoms with Gasteiger partial charge in [0.1, 0.15) is 11.5 Å². The number of fused-ring (bicyclic) bond motifs is 1. The van der Waals surface area contributed by atoms with E-state index in [1.807, 2.05) is 48.5 Å². The van der Waals surface area contributed by atoms with Crippen LogP contribution in [0.2, 0.25) is 0 Å². The van der Waals surface area contributed by atoms with Crippen LogP contribution in [0.5, 0.6) is 0 Å². The van der Waals surface area contributed by atoms with E-state index in [1.54, 1.807) is 0 Å². The Morgan fingerprint density at radius 2 is 1.78 bits per heavy atom. The highest BCUT2D eigenvalue weighted by molar-refractivity contribution is 5.86. The minimum Gasteiger partial charge on any atom is -0.481 e. The van der Waals surface area contributed by atoms with Gasteiger partial charge < -0.3 is 9.67 Å². The number of aromatic amines is 1. The van der Waals surface area contributed by atoms with E-state index in [2.05, 4.69) is 37.0 Å². The van der Waals surface area contributed by atoms with Crippen LogP contribution < -0.4 is 0 Å². The second kappa shape index (κ2) is 11.2. The minimum absolute atomic E-state index is 0.0145. The average Bonchev–Trinajstić information content (AvgIpc) is 3.65. The van der Waals surface area contributed by atoms with Gasteiger partial charge in [0.25, 0.3) is 0 Å². The first-order valence-corrected chi connectivity index (χ1v) is 13.4. The number of carbonyl (C=O) groups is 1. The lowest BCUT2D eigenvalue weighted by Crippen LogP contribution is -2.48. The molecule has 1 unspecified atom stereocenters. The first kappa shape index (κ1) is 25.1. The van der Waals surface area contributed by atoms with E-state index >= 15 is 0 Å².